The van der Waals surface area contributed by atoms with Crippen LogP contribution >= 0.6 is 0 Å². The highest BCUT2D eigenvalue weighted by Crippen LogP contribution is 2.50. The highest BCUT2D eigenvalue weighted by Gasteiger charge is 2.35. The van der Waals surface area contributed by atoms with Gasteiger partial charge in [0.05, 0.1) is 0 Å². The Labute approximate surface area is 223 Å². The molecule has 0 aromatic heterocycles. The van der Waals surface area contributed by atoms with Gasteiger partial charge in [-0.15, -0.1) is 0 Å². The molecule has 0 radical (unpaired) electrons. The molecule has 0 amide bonds. The van der Waals surface area contributed by atoms with E-state index in [0.29, 0.717) is 0 Å². The number of ether oxygens (including phenoxy) is 1. The van der Waals surface area contributed by atoms with Crippen LogP contribution in [-0.2, 0) is 5.41 Å². The van der Waals surface area contributed by atoms with Gasteiger partial charge in [-0.3, -0.25) is 0 Å². The van der Waals surface area contributed by atoms with Gasteiger partial charge in [0.25, 0.3) is 0 Å². The highest BCUT2D eigenvalue weighted by molar-refractivity contribution is 6.04. The molecule has 1 aliphatic carbocycles. The third-order valence-electron chi connectivity index (χ3n) is 8.49. The van der Waals surface area contributed by atoms with Gasteiger partial charge in [-0.05, 0) is 79.7 Å². The highest BCUT2D eigenvalue weighted by atomic mass is 16.5. The fourth-order valence-electron chi connectivity index (χ4n) is 6.48. The topological polar surface area (TPSA) is 9.23 Å². The van der Waals surface area contributed by atoms with Gasteiger partial charge in [-0.1, -0.05) is 111 Å². The van der Waals surface area contributed by atoms with Crippen LogP contribution in [0.4, 0.5) is 0 Å². The Morgan fingerprint density at radius 2 is 1.08 bits per heavy atom. The van der Waals surface area contributed by atoms with Crippen molar-refractivity contribution >= 4 is 10.8 Å². The van der Waals surface area contributed by atoms with Crippen LogP contribution in [0.5, 0.6) is 11.5 Å². The van der Waals surface area contributed by atoms with Crippen molar-refractivity contribution in [3.05, 3.63) is 132 Å². The van der Waals surface area contributed by atoms with E-state index < -0.39 is 0 Å². The molecule has 1 nitrogen and oxygen atoms in total. The molecule has 6 aromatic rings. The molecule has 0 N–H and O–H groups in total. The molecule has 0 spiro atoms. The van der Waals surface area contributed by atoms with Crippen molar-refractivity contribution in [1.29, 1.82) is 0 Å². The van der Waals surface area contributed by atoms with Gasteiger partial charge in [0.15, 0.2) is 0 Å². The maximum absolute atomic E-state index is 6.29. The molecule has 0 saturated heterocycles. The third kappa shape index (κ3) is 2.99. The van der Waals surface area contributed by atoms with Gasteiger partial charge in [0, 0.05) is 16.4 Å². The molecule has 0 unspecified atom stereocenters. The largest absolute Gasteiger partial charge is 0.456 e. The maximum Gasteiger partial charge on any atom is 0.135 e. The fourth-order valence-corrected chi connectivity index (χ4v) is 6.48. The van der Waals surface area contributed by atoms with E-state index in [2.05, 4.69) is 135 Å². The van der Waals surface area contributed by atoms with E-state index in [1.54, 1.807) is 0 Å². The van der Waals surface area contributed by atoms with Gasteiger partial charge >= 0.3 is 0 Å². The lowest BCUT2D eigenvalue weighted by Gasteiger charge is -2.22. The van der Waals surface area contributed by atoms with E-state index in [4.69, 9.17) is 4.74 Å². The third-order valence-corrected chi connectivity index (χ3v) is 8.49. The summed E-state index contributed by atoms with van der Waals surface area (Å²) in [5.74, 6) is 1.85. The Bertz CT molecular complexity index is 1900. The van der Waals surface area contributed by atoms with Crippen LogP contribution in [0.25, 0.3) is 55.3 Å². The molecule has 0 saturated carbocycles. The average molecular weight is 487 g/mol. The zero-order valence-corrected chi connectivity index (χ0v) is 21.5. The normalized spacial score (nSPS) is 13.9. The van der Waals surface area contributed by atoms with E-state index in [0.717, 1.165) is 17.1 Å². The molecule has 0 atom stereocenters. The van der Waals surface area contributed by atoms with Gasteiger partial charge in [-0.25, -0.2) is 0 Å². The molecule has 1 aliphatic heterocycles. The first kappa shape index (κ1) is 21.5. The second kappa shape index (κ2) is 7.69. The van der Waals surface area contributed by atoms with Crippen LogP contribution in [0.3, 0.4) is 0 Å². The quantitative estimate of drug-likeness (QED) is 0.236. The van der Waals surface area contributed by atoms with Crippen LogP contribution in [-0.4, -0.2) is 0 Å². The fraction of sp³-hybridized carbons (Fsp3) is 0.0811. The molecule has 180 valence electrons. The first-order valence-electron chi connectivity index (χ1n) is 13.3. The summed E-state index contributed by atoms with van der Waals surface area (Å²) >= 11 is 0. The van der Waals surface area contributed by atoms with E-state index in [9.17, 15) is 0 Å². The molecule has 1 heteroatoms. The molecule has 2 aliphatic rings. The number of hydrogen-bond donors (Lipinski definition) is 0. The Kier molecular flexibility index (Phi) is 4.35. The SMILES string of the molecule is CC1(C)c2ccccc2-c2ccc(-c3ccc(-c4ccc5c(c4)-c4cccc6cccc(c46)O5)cc3)cc21. The van der Waals surface area contributed by atoms with Crippen LogP contribution in [0, 0.1) is 0 Å². The van der Waals surface area contributed by atoms with Crippen molar-refractivity contribution in [2.24, 2.45) is 0 Å². The number of fused-ring (bicyclic) bond motifs is 5. The predicted octanol–water partition coefficient (Wildman–Crippen LogP) is 10.3. The van der Waals surface area contributed by atoms with Crippen molar-refractivity contribution in [3.63, 3.8) is 0 Å². The van der Waals surface area contributed by atoms with Crippen molar-refractivity contribution in [2.45, 2.75) is 19.3 Å². The van der Waals surface area contributed by atoms with Gasteiger partial charge in [-0.2, -0.15) is 0 Å². The van der Waals surface area contributed by atoms with Gasteiger partial charge in [0.1, 0.15) is 11.5 Å². The van der Waals surface area contributed by atoms with Gasteiger partial charge in [0.2, 0.25) is 0 Å². The summed E-state index contributed by atoms with van der Waals surface area (Å²) in [7, 11) is 0. The molecule has 0 bridgehead atoms. The summed E-state index contributed by atoms with van der Waals surface area (Å²) in [6.07, 6.45) is 0. The first-order valence-corrected chi connectivity index (χ1v) is 13.3. The number of hydrogen-bond acceptors (Lipinski definition) is 1. The second-order valence-corrected chi connectivity index (χ2v) is 11.0. The zero-order chi connectivity index (χ0) is 25.4. The Morgan fingerprint density at radius 3 is 1.89 bits per heavy atom. The summed E-state index contributed by atoms with van der Waals surface area (Å²) in [6, 6.07) is 44.0. The van der Waals surface area contributed by atoms with E-state index in [1.807, 2.05) is 0 Å². The molecule has 0 fully saturated rings. The standard InChI is InChI=1S/C37H26O/c1-37(2)32-11-4-3-9-28(32)29-19-17-27(22-33(29)37)24-15-13-23(14-16-24)26-18-20-34-31(21-26)30-10-5-7-25-8-6-12-35(38-34)36(25)30/h3-22H,1-2H3. The lowest BCUT2D eigenvalue weighted by Crippen LogP contribution is -2.14. The molecular formula is C37H26O. The zero-order valence-electron chi connectivity index (χ0n) is 21.5. The van der Waals surface area contributed by atoms with Crippen molar-refractivity contribution < 1.29 is 4.74 Å². The lowest BCUT2D eigenvalue weighted by molar-refractivity contribution is 0.487. The van der Waals surface area contributed by atoms with Crippen LogP contribution in [0.2, 0.25) is 0 Å². The monoisotopic (exact) mass is 486 g/mol. The smallest absolute Gasteiger partial charge is 0.135 e. The van der Waals surface area contributed by atoms with E-state index in [1.165, 1.54) is 60.8 Å². The summed E-state index contributed by atoms with van der Waals surface area (Å²) < 4.78 is 6.29. The molecule has 8 rings (SSSR count). The maximum atomic E-state index is 6.29. The molecule has 1 heterocycles. The van der Waals surface area contributed by atoms with Crippen LogP contribution < -0.4 is 4.74 Å². The van der Waals surface area contributed by atoms with Crippen molar-refractivity contribution in [3.8, 4) is 56.0 Å². The Hall–Kier alpha value is -4.62. The average Bonchev–Trinajstić information content (AvgIpc) is 3.19. The minimum atomic E-state index is 0.00849. The van der Waals surface area contributed by atoms with E-state index >= 15 is 0 Å². The summed E-state index contributed by atoms with van der Waals surface area (Å²) in [4.78, 5) is 0. The molecule has 6 aromatic carbocycles. The Balaban J connectivity index is 1.16. The number of benzene rings is 6. The predicted molar refractivity (Wildman–Crippen MR) is 158 cm³/mol. The number of rotatable bonds is 2. The lowest BCUT2D eigenvalue weighted by atomic mass is 9.81. The summed E-state index contributed by atoms with van der Waals surface area (Å²) in [5, 5.41) is 2.40. The van der Waals surface area contributed by atoms with Crippen molar-refractivity contribution in [2.75, 3.05) is 0 Å². The molecule has 38 heavy (non-hydrogen) atoms. The van der Waals surface area contributed by atoms with Crippen LogP contribution in [0.1, 0.15) is 25.0 Å². The van der Waals surface area contributed by atoms with Gasteiger partial charge < -0.3 is 4.74 Å². The minimum Gasteiger partial charge on any atom is -0.456 e. The summed E-state index contributed by atoms with van der Waals surface area (Å²) in [6.45, 7) is 4.67. The first-order chi connectivity index (χ1) is 18.6. The summed E-state index contributed by atoms with van der Waals surface area (Å²) in [5.41, 5.74) is 12.8. The second-order valence-electron chi connectivity index (χ2n) is 11.0. The minimum absolute atomic E-state index is 0.00849. The van der Waals surface area contributed by atoms with Crippen molar-refractivity contribution in [1.82, 2.24) is 0 Å². The van der Waals surface area contributed by atoms with E-state index in [-0.39, 0.29) is 5.41 Å². The molecular weight excluding hydrogens is 460 g/mol. The van der Waals surface area contributed by atoms with Crippen LogP contribution in [0.15, 0.2) is 121 Å². The Morgan fingerprint density at radius 1 is 0.447 bits per heavy atom.